The number of anilines is 3. The number of ether oxygens (including phenoxy) is 1. The highest BCUT2D eigenvalue weighted by Gasteiger charge is 2.31. The van der Waals surface area contributed by atoms with Gasteiger partial charge in [0.15, 0.2) is 0 Å². The van der Waals surface area contributed by atoms with Gasteiger partial charge in [0.25, 0.3) is 5.91 Å². The van der Waals surface area contributed by atoms with Crippen LogP contribution in [0.25, 0.3) is 0 Å². The van der Waals surface area contributed by atoms with Crippen molar-refractivity contribution in [3.63, 3.8) is 0 Å². The first kappa shape index (κ1) is 25.6. The van der Waals surface area contributed by atoms with Crippen LogP contribution in [-0.4, -0.2) is 38.9 Å². The van der Waals surface area contributed by atoms with Gasteiger partial charge in [0.1, 0.15) is 0 Å². The molecule has 176 valence electrons. The number of esters is 1. The van der Waals surface area contributed by atoms with Crippen LogP contribution < -0.4 is 15.5 Å². The molecule has 0 radical (unpaired) electrons. The maximum absolute atomic E-state index is 12.2. The molecule has 0 fully saturated rings. The summed E-state index contributed by atoms with van der Waals surface area (Å²) >= 11 is 0. The molecule has 0 saturated heterocycles. The molecule has 0 bridgehead atoms. The molecule has 1 amide bonds. The van der Waals surface area contributed by atoms with Crippen LogP contribution in [-0.2, 0) is 30.8 Å². The smallest absolute Gasteiger partial charge is 0.311 e. The Morgan fingerprint density at radius 2 is 1.79 bits per heavy atom. The van der Waals surface area contributed by atoms with Crippen molar-refractivity contribution in [3.8, 4) is 0 Å². The molecule has 1 aliphatic rings. The Hall–Kier alpha value is -3.66. The van der Waals surface area contributed by atoms with Gasteiger partial charge in [-0.2, -0.15) is 10.1 Å². The first-order valence-corrected chi connectivity index (χ1v) is 12.1. The molecular formula is C23H28N4O5S. The molecule has 0 saturated carbocycles. The Balaban J connectivity index is 0.000000357. The third-order valence-corrected chi connectivity index (χ3v) is 5.09. The molecule has 2 aromatic rings. The Kier molecular flexibility index (Phi) is 8.75. The van der Waals surface area contributed by atoms with Crippen molar-refractivity contribution in [2.75, 3.05) is 28.3 Å². The zero-order valence-electron chi connectivity index (χ0n) is 18.9. The highest BCUT2D eigenvalue weighted by atomic mass is 32.2. The van der Waals surface area contributed by atoms with Crippen LogP contribution in [0.15, 0.2) is 65.8 Å². The topological polar surface area (TPSA) is 131 Å². The maximum Gasteiger partial charge on any atom is 0.311 e. The summed E-state index contributed by atoms with van der Waals surface area (Å²) in [5.41, 5.74) is 8.93. The quantitative estimate of drug-likeness (QED) is 0.362. The van der Waals surface area contributed by atoms with Crippen molar-refractivity contribution in [2.45, 2.75) is 26.7 Å². The average molecular weight is 473 g/mol. The first-order valence-electron chi connectivity index (χ1n) is 10.2. The Bertz CT molecular complexity index is 1160. The number of amides is 1. The monoisotopic (exact) mass is 472 g/mol. The third-order valence-electron chi connectivity index (χ3n) is 4.49. The van der Waals surface area contributed by atoms with E-state index in [0.717, 1.165) is 23.4 Å². The molecule has 0 aliphatic carbocycles. The lowest BCUT2D eigenvalue weighted by atomic mass is 10.1. The summed E-state index contributed by atoms with van der Waals surface area (Å²) in [5, 5.41) is 5.22. The summed E-state index contributed by atoms with van der Waals surface area (Å²) in [5.74, 6) is -0.933. The number of hydrogen-bond donors (Lipinski definition) is 2. The molecule has 2 aromatic carbocycles. The van der Waals surface area contributed by atoms with E-state index in [1.165, 1.54) is 29.8 Å². The Labute approximate surface area is 194 Å². The number of nitrogens with zero attached hydrogens (tertiary/aromatic N) is 2. The lowest BCUT2D eigenvalue weighted by Crippen LogP contribution is -2.21. The number of benzene rings is 2. The Morgan fingerprint density at radius 1 is 1.15 bits per heavy atom. The van der Waals surface area contributed by atoms with E-state index in [4.69, 9.17) is 10.5 Å². The number of hydrogen-bond acceptors (Lipinski definition) is 7. The molecule has 0 atom stereocenters. The number of nitrogen functional groups attached to an aromatic ring is 1. The summed E-state index contributed by atoms with van der Waals surface area (Å²) in [6.45, 7) is 7.68. The number of carbonyl (C=O) groups is 2. The summed E-state index contributed by atoms with van der Waals surface area (Å²) in [7, 11) is -3.38. The SMILES string of the molecule is C=C1C(=O)N(c2ccc(NS(C)(=O)=O)cc2)N=C1CC(=O)OCC.CCc1ccccc1N. The van der Waals surface area contributed by atoms with E-state index in [0.29, 0.717) is 11.4 Å². The van der Waals surface area contributed by atoms with E-state index in [2.05, 4.69) is 29.4 Å². The van der Waals surface area contributed by atoms with E-state index in [1.54, 1.807) is 6.92 Å². The van der Waals surface area contributed by atoms with Gasteiger partial charge in [-0.25, -0.2) is 8.42 Å². The fraction of sp³-hybridized carbons (Fsp3) is 0.261. The minimum Gasteiger partial charge on any atom is -0.466 e. The van der Waals surface area contributed by atoms with Crippen molar-refractivity contribution < 1.29 is 22.7 Å². The average Bonchev–Trinajstić information content (AvgIpc) is 3.03. The molecule has 33 heavy (non-hydrogen) atoms. The summed E-state index contributed by atoms with van der Waals surface area (Å²) in [4.78, 5) is 23.8. The van der Waals surface area contributed by atoms with Gasteiger partial charge in [0.05, 0.1) is 36.3 Å². The van der Waals surface area contributed by atoms with Crippen LogP contribution in [0, 0.1) is 0 Å². The van der Waals surface area contributed by atoms with Gasteiger partial charge in [-0.05, 0) is 49.2 Å². The zero-order chi connectivity index (χ0) is 24.6. The maximum atomic E-state index is 12.2. The Morgan fingerprint density at radius 3 is 2.30 bits per heavy atom. The zero-order valence-corrected chi connectivity index (χ0v) is 19.7. The van der Waals surface area contributed by atoms with Gasteiger partial charge in [-0.3, -0.25) is 14.3 Å². The predicted octanol–water partition coefficient (Wildman–Crippen LogP) is 3.10. The van der Waals surface area contributed by atoms with Gasteiger partial charge < -0.3 is 10.5 Å². The molecule has 9 nitrogen and oxygen atoms in total. The van der Waals surface area contributed by atoms with Gasteiger partial charge in [0.2, 0.25) is 10.0 Å². The number of sulfonamides is 1. The summed E-state index contributed by atoms with van der Waals surface area (Å²) in [6, 6.07) is 14.0. The van der Waals surface area contributed by atoms with Crippen molar-refractivity contribution in [1.82, 2.24) is 0 Å². The highest BCUT2D eigenvalue weighted by molar-refractivity contribution is 7.92. The molecule has 3 N–H and O–H groups in total. The van der Waals surface area contributed by atoms with Crippen LogP contribution in [0.5, 0.6) is 0 Å². The second-order valence-electron chi connectivity index (χ2n) is 7.10. The van der Waals surface area contributed by atoms with Crippen LogP contribution in [0.3, 0.4) is 0 Å². The molecule has 0 spiro atoms. The van der Waals surface area contributed by atoms with Gasteiger partial charge >= 0.3 is 5.97 Å². The van der Waals surface area contributed by atoms with Crippen molar-refractivity contribution in [3.05, 3.63) is 66.2 Å². The van der Waals surface area contributed by atoms with Crippen molar-refractivity contribution >= 4 is 44.7 Å². The number of nitrogens with one attached hydrogen (secondary N) is 1. The van der Waals surface area contributed by atoms with E-state index in [9.17, 15) is 18.0 Å². The molecule has 0 unspecified atom stereocenters. The third kappa shape index (κ3) is 7.46. The lowest BCUT2D eigenvalue weighted by Gasteiger charge is -2.12. The molecular weight excluding hydrogens is 444 g/mol. The highest BCUT2D eigenvalue weighted by Crippen LogP contribution is 2.25. The largest absolute Gasteiger partial charge is 0.466 e. The van der Waals surface area contributed by atoms with E-state index >= 15 is 0 Å². The van der Waals surface area contributed by atoms with E-state index in [-0.39, 0.29) is 24.3 Å². The van der Waals surface area contributed by atoms with E-state index < -0.39 is 21.9 Å². The normalized spacial score (nSPS) is 13.2. The number of hydrazone groups is 1. The number of nitrogens with two attached hydrogens (primary N) is 1. The number of carbonyl (C=O) groups excluding carboxylic acids is 2. The van der Waals surface area contributed by atoms with Crippen molar-refractivity contribution in [1.29, 1.82) is 0 Å². The summed E-state index contributed by atoms with van der Waals surface area (Å²) in [6.07, 6.45) is 1.93. The molecule has 1 heterocycles. The van der Waals surface area contributed by atoms with Crippen LogP contribution in [0.2, 0.25) is 0 Å². The molecule has 0 aromatic heterocycles. The fourth-order valence-electron chi connectivity index (χ4n) is 2.88. The minimum absolute atomic E-state index is 0.126. The first-order chi connectivity index (χ1) is 15.6. The molecule has 3 rings (SSSR count). The van der Waals surface area contributed by atoms with Crippen LogP contribution in [0.4, 0.5) is 17.1 Å². The second-order valence-corrected chi connectivity index (χ2v) is 8.85. The molecule has 10 heteroatoms. The van der Waals surface area contributed by atoms with Gasteiger partial charge in [-0.1, -0.05) is 31.7 Å². The second kappa shape index (κ2) is 11.3. The lowest BCUT2D eigenvalue weighted by molar-refractivity contribution is -0.141. The van der Waals surface area contributed by atoms with E-state index in [1.807, 2.05) is 18.2 Å². The number of aryl methyl sites for hydroxylation is 1. The molecule has 1 aliphatic heterocycles. The minimum atomic E-state index is -3.38. The van der Waals surface area contributed by atoms with Crippen LogP contribution in [0.1, 0.15) is 25.8 Å². The number of para-hydroxylation sites is 1. The standard InChI is InChI=1S/C15H17N3O5S.C8H11N/c1-4-23-14(19)9-13-10(2)15(20)18(16-13)12-7-5-11(6-8-12)17-24(3,21)22;1-2-7-5-3-4-6-8(7)9/h5-8,17H,2,4,9H2,1,3H3;3-6H,2,9H2,1H3. The predicted molar refractivity (Wildman–Crippen MR) is 130 cm³/mol. The van der Waals surface area contributed by atoms with Crippen LogP contribution >= 0.6 is 0 Å². The van der Waals surface area contributed by atoms with Gasteiger partial charge in [-0.15, -0.1) is 0 Å². The fourth-order valence-corrected chi connectivity index (χ4v) is 3.45. The van der Waals surface area contributed by atoms with Gasteiger partial charge in [0, 0.05) is 11.4 Å². The van der Waals surface area contributed by atoms with Crippen molar-refractivity contribution in [2.24, 2.45) is 5.10 Å². The summed E-state index contributed by atoms with van der Waals surface area (Å²) < 4.78 is 29.5. The number of rotatable bonds is 7.